The summed E-state index contributed by atoms with van der Waals surface area (Å²) < 4.78 is 0. The van der Waals surface area contributed by atoms with Crippen molar-refractivity contribution in [3.05, 3.63) is 12.2 Å². The molecule has 0 heterocycles. The highest BCUT2D eigenvalue weighted by Gasteiger charge is 2.39. The topological polar surface area (TPSA) is 43.1 Å². The first-order chi connectivity index (χ1) is 6.52. The number of rotatable bonds is 3. The van der Waals surface area contributed by atoms with Crippen molar-refractivity contribution in [1.82, 2.24) is 0 Å². The predicted molar refractivity (Wildman–Crippen MR) is 58.9 cm³/mol. The van der Waals surface area contributed by atoms with Crippen LogP contribution in [0.5, 0.6) is 0 Å². The Balaban J connectivity index is 2.77. The molecule has 80 valence electrons. The quantitative estimate of drug-likeness (QED) is 0.702. The Morgan fingerprint density at radius 1 is 1.50 bits per heavy atom. The second kappa shape index (κ2) is 4.26. The van der Waals surface area contributed by atoms with Crippen LogP contribution in [0, 0.1) is 11.3 Å². The van der Waals surface area contributed by atoms with Crippen LogP contribution in [0.1, 0.15) is 39.5 Å². The number of carbonyl (C=O) groups is 1. The molecule has 0 unspecified atom stereocenters. The molecule has 0 amide bonds. The number of ketones is 1. The third kappa shape index (κ3) is 2.06. The highest BCUT2D eigenvalue weighted by atomic mass is 16.1. The molecule has 1 aliphatic rings. The SMILES string of the molecule is C=C(C)C(=O)C1(CN)CCC(C)CC1. The minimum Gasteiger partial charge on any atom is -0.329 e. The molecule has 14 heavy (non-hydrogen) atoms. The first-order valence-electron chi connectivity index (χ1n) is 5.42. The molecule has 0 aromatic carbocycles. The largest absolute Gasteiger partial charge is 0.329 e. The van der Waals surface area contributed by atoms with E-state index in [2.05, 4.69) is 13.5 Å². The lowest BCUT2D eigenvalue weighted by Crippen LogP contribution is -2.41. The number of hydrogen-bond acceptors (Lipinski definition) is 2. The van der Waals surface area contributed by atoms with Gasteiger partial charge in [-0.05, 0) is 44.1 Å². The van der Waals surface area contributed by atoms with Gasteiger partial charge in [-0.2, -0.15) is 0 Å². The van der Waals surface area contributed by atoms with Crippen LogP contribution < -0.4 is 5.73 Å². The zero-order chi connectivity index (χ0) is 10.8. The Labute approximate surface area is 86.6 Å². The predicted octanol–water partition coefficient (Wildman–Crippen LogP) is 2.29. The Bertz CT molecular complexity index is 237. The van der Waals surface area contributed by atoms with Gasteiger partial charge in [0.05, 0.1) is 0 Å². The van der Waals surface area contributed by atoms with Gasteiger partial charge in [0, 0.05) is 12.0 Å². The first kappa shape index (κ1) is 11.4. The van der Waals surface area contributed by atoms with E-state index in [-0.39, 0.29) is 11.2 Å². The highest BCUT2D eigenvalue weighted by Crippen LogP contribution is 2.40. The summed E-state index contributed by atoms with van der Waals surface area (Å²) in [6.07, 6.45) is 4.12. The van der Waals surface area contributed by atoms with E-state index in [1.165, 1.54) is 0 Å². The summed E-state index contributed by atoms with van der Waals surface area (Å²) in [6, 6.07) is 0. The lowest BCUT2D eigenvalue weighted by atomic mass is 9.67. The summed E-state index contributed by atoms with van der Waals surface area (Å²) >= 11 is 0. The van der Waals surface area contributed by atoms with Crippen LogP contribution in [0.2, 0.25) is 0 Å². The van der Waals surface area contributed by atoms with Crippen LogP contribution in [-0.2, 0) is 4.79 Å². The third-order valence-electron chi connectivity index (χ3n) is 3.49. The second-order valence-electron chi connectivity index (χ2n) is 4.78. The molecule has 0 aromatic rings. The van der Waals surface area contributed by atoms with E-state index < -0.39 is 0 Å². The maximum atomic E-state index is 12.0. The summed E-state index contributed by atoms with van der Waals surface area (Å²) in [7, 11) is 0. The molecule has 1 saturated carbocycles. The van der Waals surface area contributed by atoms with Gasteiger partial charge >= 0.3 is 0 Å². The molecule has 0 spiro atoms. The average molecular weight is 195 g/mol. The lowest BCUT2D eigenvalue weighted by molar-refractivity contribution is -0.126. The fourth-order valence-electron chi connectivity index (χ4n) is 2.29. The van der Waals surface area contributed by atoms with Crippen molar-refractivity contribution in [2.75, 3.05) is 6.54 Å². The van der Waals surface area contributed by atoms with E-state index in [4.69, 9.17) is 5.73 Å². The summed E-state index contributed by atoms with van der Waals surface area (Å²) in [5, 5.41) is 0. The summed E-state index contributed by atoms with van der Waals surface area (Å²) in [4.78, 5) is 12.0. The Kier molecular flexibility index (Phi) is 3.48. The van der Waals surface area contributed by atoms with Crippen LogP contribution in [0.15, 0.2) is 12.2 Å². The fraction of sp³-hybridized carbons (Fsp3) is 0.750. The Morgan fingerprint density at radius 3 is 2.36 bits per heavy atom. The molecule has 0 saturated heterocycles. The third-order valence-corrected chi connectivity index (χ3v) is 3.49. The summed E-state index contributed by atoms with van der Waals surface area (Å²) in [5.41, 5.74) is 6.14. The van der Waals surface area contributed by atoms with Gasteiger partial charge in [-0.15, -0.1) is 0 Å². The lowest BCUT2D eigenvalue weighted by Gasteiger charge is -2.37. The van der Waals surface area contributed by atoms with Gasteiger partial charge in [-0.1, -0.05) is 13.5 Å². The molecule has 0 aliphatic heterocycles. The Morgan fingerprint density at radius 2 is 2.00 bits per heavy atom. The maximum absolute atomic E-state index is 12.0. The number of Topliss-reactive ketones (excluding diaryl/α,β-unsaturated/α-hetero) is 1. The van der Waals surface area contributed by atoms with Crippen molar-refractivity contribution in [2.24, 2.45) is 17.1 Å². The standard InChI is InChI=1S/C12H21NO/c1-9(2)11(14)12(8-13)6-4-10(3)5-7-12/h10H,1,4-8,13H2,2-3H3. The number of hydrogen-bond donors (Lipinski definition) is 1. The van der Waals surface area contributed by atoms with E-state index in [9.17, 15) is 4.79 Å². The van der Waals surface area contributed by atoms with Gasteiger partial charge in [-0.25, -0.2) is 0 Å². The fourth-order valence-corrected chi connectivity index (χ4v) is 2.29. The van der Waals surface area contributed by atoms with Crippen molar-refractivity contribution in [3.8, 4) is 0 Å². The van der Waals surface area contributed by atoms with E-state index in [0.29, 0.717) is 12.1 Å². The monoisotopic (exact) mass is 195 g/mol. The molecular weight excluding hydrogens is 174 g/mol. The van der Waals surface area contributed by atoms with Crippen LogP contribution >= 0.6 is 0 Å². The molecule has 0 aromatic heterocycles. The zero-order valence-electron chi connectivity index (χ0n) is 9.31. The summed E-state index contributed by atoms with van der Waals surface area (Å²) in [5.74, 6) is 0.930. The minimum atomic E-state index is -0.279. The smallest absolute Gasteiger partial charge is 0.165 e. The number of allylic oxidation sites excluding steroid dienone is 1. The van der Waals surface area contributed by atoms with Crippen molar-refractivity contribution in [2.45, 2.75) is 39.5 Å². The Hall–Kier alpha value is -0.630. The van der Waals surface area contributed by atoms with Crippen molar-refractivity contribution >= 4 is 5.78 Å². The average Bonchev–Trinajstić information content (AvgIpc) is 2.18. The summed E-state index contributed by atoms with van der Waals surface area (Å²) in [6.45, 7) is 8.25. The molecular formula is C12H21NO. The number of carbonyl (C=O) groups excluding carboxylic acids is 1. The maximum Gasteiger partial charge on any atom is 0.165 e. The van der Waals surface area contributed by atoms with Gasteiger partial charge in [-0.3, -0.25) is 4.79 Å². The van der Waals surface area contributed by atoms with Crippen LogP contribution in [0.4, 0.5) is 0 Å². The van der Waals surface area contributed by atoms with Crippen molar-refractivity contribution in [3.63, 3.8) is 0 Å². The molecule has 0 atom stereocenters. The van der Waals surface area contributed by atoms with Crippen LogP contribution in [0.3, 0.4) is 0 Å². The van der Waals surface area contributed by atoms with Gasteiger partial charge in [0.15, 0.2) is 5.78 Å². The highest BCUT2D eigenvalue weighted by molar-refractivity contribution is 5.99. The van der Waals surface area contributed by atoms with Crippen LogP contribution in [0.25, 0.3) is 0 Å². The second-order valence-corrected chi connectivity index (χ2v) is 4.78. The van der Waals surface area contributed by atoms with Gasteiger partial charge in [0.2, 0.25) is 0 Å². The van der Waals surface area contributed by atoms with Gasteiger partial charge in [0.1, 0.15) is 0 Å². The van der Waals surface area contributed by atoms with Crippen LogP contribution in [-0.4, -0.2) is 12.3 Å². The van der Waals surface area contributed by atoms with E-state index in [1.807, 2.05) is 0 Å². The van der Waals surface area contributed by atoms with E-state index >= 15 is 0 Å². The van der Waals surface area contributed by atoms with Crippen molar-refractivity contribution in [1.29, 1.82) is 0 Å². The molecule has 1 aliphatic carbocycles. The minimum absolute atomic E-state index is 0.187. The first-order valence-corrected chi connectivity index (χ1v) is 5.42. The molecule has 2 N–H and O–H groups in total. The number of nitrogens with two attached hydrogens (primary N) is 1. The molecule has 2 heteroatoms. The normalized spacial score (nSPS) is 32.6. The van der Waals surface area contributed by atoms with E-state index in [1.54, 1.807) is 6.92 Å². The molecule has 0 radical (unpaired) electrons. The van der Waals surface area contributed by atoms with Gasteiger partial charge < -0.3 is 5.73 Å². The molecule has 2 nitrogen and oxygen atoms in total. The molecule has 1 fully saturated rings. The molecule has 1 rings (SSSR count). The van der Waals surface area contributed by atoms with Crippen molar-refractivity contribution < 1.29 is 4.79 Å². The zero-order valence-corrected chi connectivity index (χ0v) is 9.31. The van der Waals surface area contributed by atoms with E-state index in [0.717, 1.165) is 31.6 Å². The van der Waals surface area contributed by atoms with Gasteiger partial charge in [0.25, 0.3) is 0 Å². The molecule has 0 bridgehead atoms.